The Kier molecular flexibility index (Phi) is 6.11. The quantitative estimate of drug-likeness (QED) is 0.444. The summed E-state index contributed by atoms with van der Waals surface area (Å²) in [5.41, 5.74) is 5.56. The van der Waals surface area contributed by atoms with E-state index in [0.717, 1.165) is 23.5 Å². The van der Waals surface area contributed by atoms with Crippen LogP contribution in [0.2, 0.25) is 0 Å². The summed E-state index contributed by atoms with van der Waals surface area (Å²) >= 11 is 0. The van der Waals surface area contributed by atoms with Gasteiger partial charge in [-0.05, 0) is 43.5 Å². The normalized spacial score (nSPS) is 11.2. The standard InChI is InChI=1S/C17H19N3O2/c21-17(22)12-5-4-11-16(15-10-6-7-13-18-15)20-19-14-8-2-1-3-9-14/h1-3,6-10,13,19H,4-5,11-12H2,(H,21,22)/b20-16-. The van der Waals surface area contributed by atoms with Crippen molar-refractivity contribution in [2.24, 2.45) is 5.10 Å². The van der Waals surface area contributed by atoms with Crippen molar-refractivity contribution in [3.05, 3.63) is 60.4 Å². The lowest BCUT2D eigenvalue weighted by molar-refractivity contribution is -0.137. The highest BCUT2D eigenvalue weighted by Crippen LogP contribution is 2.10. The number of carboxylic acids is 1. The molecule has 0 saturated carbocycles. The predicted molar refractivity (Wildman–Crippen MR) is 86.9 cm³/mol. The molecule has 0 aliphatic carbocycles. The molecule has 0 atom stereocenters. The molecule has 114 valence electrons. The Morgan fingerprint density at radius 2 is 1.77 bits per heavy atom. The molecule has 0 fully saturated rings. The van der Waals surface area contributed by atoms with E-state index < -0.39 is 5.97 Å². The Morgan fingerprint density at radius 3 is 2.45 bits per heavy atom. The molecule has 5 heteroatoms. The first kappa shape index (κ1) is 15.7. The number of carboxylic acid groups (broad SMARTS) is 1. The van der Waals surface area contributed by atoms with Crippen molar-refractivity contribution in [2.45, 2.75) is 25.7 Å². The number of benzene rings is 1. The van der Waals surface area contributed by atoms with Crippen LogP contribution in [0.4, 0.5) is 5.69 Å². The zero-order valence-electron chi connectivity index (χ0n) is 12.3. The summed E-state index contributed by atoms with van der Waals surface area (Å²) in [5, 5.41) is 13.1. The highest BCUT2D eigenvalue weighted by atomic mass is 16.4. The molecule has 0 amide bonds. The van der Waals surface area contributed by atoms with Crippen LogP contribution in [0.5, 0.6) is 0 Å². The second-order valence-corrected chi connectivity index (χ2v) is 4.85. The summed E-state index contributed by atoms with van der Waals surface area (Å²) in [4.78, 5) is 14.9. The van der Waals surface area contributed by atoms with Crippen LogP contribution in [0, 0.1) is 0 Å². The van der Waals surface area contributed by atoms with Crippen LogP contribution in [0.1, 0.15) is 31.4 Å². The number of hydrogen-bond acceptors (Lipinski definition) is 4. The van der Waals surface area contributed by atoms with Crippen LogP contribution < -0.4 is 5.43 Å². The average Bonchev–Trinajstić information content (AvgIpc) is 2.55. The smallest absolute Gasteiger partial charge is 0.303 e. The highest BCUT2D eigenvalue weighted by Gasteiger charge is 2.06. The molecule has 0 aliphatic rings. The van der Waals surface area contributed by atoms with Crippen molar-refractivity contribution in [2.75, 3.05) is 5.43 Å². The first-order valence-electron chi connectivity index (χ1n) is 7.26. The molecule has 0 saturated heterocycles. The van der Waals surface area contributed by atoms with Crippen molar-refractivity contribution in [1.82, 2.24) is 4.98 Å². The number of para-hydroxylation sites is 1. The van der Waals surface area contributed by atoms with Crippen LogP contribution in [0.25, 0.3) is 0 Å². The molecule has 2 aromatic rings. The lowest BCUT2D eigenvalue weighted by atomic mass is 10.1. The third-order valence-corrected chi connectivity index (χ3v) is 3.11. The maximum absolute atomic E-state index is 10.6. The Labute approximate surface area is 129 Å². The molecule has 0 radical (unpaired) electrons. The fraction of sp³-hybridized carbons (Fsp3) is 0.235. The Bertz CT molecular complexity index is 612. The molecule has 2 rings (SSSR count). The predicted octanol–water partition coefficient (Wildman–Crippen LogP) is 3.54. The van der Waals surface area contributed by atoms with E-state index in [1.165, 1.54) is 0 Å². The first-order chi connectivity index (χ1) is 10.8. The first-order valence-corrected chi connectivity index (χ1v) is 7.26. The van der Waals surface area contributed by atoms with Crippen LogP contribution >= 0.6 is 0 Å². The Hall–Kier alpha value is -2.69. The van der Waals surface area contributed by atoms with E-state index in [-0.39, 0.29) is 6.42 Å². The van der Waals surface area contributed by atoms with Gasteiger partial charge < -0.3 is 5.11 Å². The molecule has 22 heavy (non-hydrogen) atoms. The van der Waals surface area contributed by atoms with Crippen LogP contribution in [0.3, 0.4) is 0 Å². The molecular formula is C17H19N3O2. The summed E-state index contributed by atoms with van der Waals surface area (Å²) in [6, 6.07) is 15.4. The minimum atomic E-state index is -0.765. The van der Waals surface area contributed by atoms with Gasteiger partial charge in [-0.3, -0.25) is 15.2 Å². The Morgan fingerprint density at radius 1 is 1.05 bits per heavy atom. The number of nitrogens with one attached hydrogen (secondary N) is 1. The topological polar surface area (TPSA) is 74.6 Å². The molecule has 2 N–H and O–H groups in total. The van der Waals surface area contributed by atoms with Crippen molar-refractivity contribution in [3.63, 3.8) is 0 Å². The molecule has 0 aliphatic heterocycles. The van der Waals surface area contributed by atoms with E-state index in [1.807, 2.05) is 48.5 Å². The number of unbranched alkanes of at least 4 members (excludes halogenated alkanes) is 1. The molecule has 1 aromatic heterocycles. The summed E-state index contributed by atoms with van der Waals surface area (Å²) in [5.74, 6) is -0.765. The van der Waals surface area contributed by atoms with Crippen molar-refractivity contribution < 1.29 is 9.90 Å². The highest BCUT2D eigenvalue weighted by molar-refractivity contribution is 5.99. The molecule has 0 bridgehead atoms. The van der Waals surface area contributed by atoms with Gasteiger partial charge in [0.2, 0.25) is 0 Å². The number of aliphatic carboxylic acids is 1. The number of aromatic nitrogens is 1. The van der Waals surface area contributed by atoms with Crippen LogP contribution in [-0.4, -0.2) is 21.8 Å². The van der Waals surface area contributed by atoms with Gasteiger partial charge in [-0.15, -0.1) is 0 Å². The number of carbonyl (C=O) groups is 1. The number of pyridine rings is 1. The zero-order chi connectivity index (χ0) is 15.6. The summed E-state index contributed by atoms with van der Waals surface area (Å²) < 4.78 is 0. The largest absolute Gasteiger partial charge is 0.481 e. The molecular weight excluding hydrogens is 278 g/mol. The second-order valence-electron chi connectivity index (χ2n) is 4.85. The monoisotopic (exact) mass is 297 g/mol. The van der Waals surface area contributed by atoms with Crippen molar-refractivity contribution >= 4 is 17.4 Å². The Balaban J connectivity index is 2.03. The van der Waals surface area contributed by atoms with Gasteiger partial charge in [-0.25, -0.2) is 0 Å². The van der Waals surface area contributed by atoms with Crippen LogP contribution in [-0.2, 0) is 4.79 Å². The second kappa shape index (κ2) is 8.56. The minimum Gasteiger partial charge on any atom is -0.481 e. The fourth-order valence-electron chi connectivity index (χ4n) is 1.99. The number of hydrazone groups is 1. The van der Waals surface area contributed by atoms with Gasteiger partial charge in [0.1, 0.15) is 0 Å². The van der Waals surface area contributed by atoms with E-state index in [1.54, 1.807) is 6.20 Å². The van der Waals surface area contributed by atoms with Gasteiger partial charge in [-0.1, -0.05) is 24.3 Å². The van der Waals surface area contributed by atoms with Gasteiger partial charge in [0.05, 0.1) is 17.1 Å². The maximum Gasteiger partial charge on any atom is 0.303 e. The average molecular weight is 297 g/mol. The third kappa shape index (κ3) is 5.36. The van der Waals surface area contributed by atoms with E-state index in [9.17, 15) is 4.79 Å². The molecule has 0 spiro atoms. The summed E-state index contributed by atoms with van der Waals surface area (Å²) in [7, 11) is 0. The third-order valence-electron chi connectivity index (χ3n) is 3.11. The van der Waals surface area contributed by atoms with Crippen molar-refractivity contribution in [1.29, 1.82) is 0 Å². The molecule has 1 heterocycles. The van der Waals surface area contributed by atoms with Gasteiger partial charge in [0.15, 0.2) is 0 Å². The lowest BCUT2D eigenvalue weighted by Crippen LogP contribution is -2.07. The lowest BCUT2D eigenvalue weighted by Gasteiger charge is -2.07. The summed E-state index contributed by atoms with van der Waals surface area (Å²) in [6.07, 6.45) is 3.99. The van der Waals surface area contributed by atoms with E-state index >= 15 is 0 Å². The summed E-state index contributed by atoms with van der Waals surface area (Å²) in [6.45, 7) is 0. The van der Waals surface area contributed by atoms with E-state index in [2.05, 4.69) is 15.5 Å². The molecule has 0 unspecified atom stereocenters. The maximum atomic E-state index is 10.6. The molecule has 5 nitrogen and oxygen atoms in total. The number of rotatable bonds is 8. The van der Waals surface area contributed by atoms with Crippen molar-refractivity contribution in [3.8, 4) is 0 Å². The van der Waals surface area contributed by atoms with Crippen LogP contribution in [0.15, 0.2) is 59.8 Å². The SMILES string of the molecule is O=C(O)CCCC/C(=N/Nc1ccccc1)c1ccccn1. The fourth-order valence-corrected chi connectivity index (χ4v) is 1.99. The van der Waals surface area contributed by atoms with Gasteiger partial charge in [0, 0.05) is 12.6 Å². The number of hydrogen-bond donors (Lipinski definition) is 2. The van der Waals surface area contributed by atoms with Gasteiger partial charge in [0.25, 0.3) is 0 Å². The zero-order valence-corrected chi connectivity index (χ0v) is 12.3. The van der Waals surface area contributed by atoms with E-state index in [0.29, 0.717) is 12.8 Å². The van der Waals surface area contributed by atoms with E-state index in [4.69, 9.17) is 5.11 Å². The minimum absolute atomic E-state index is 0.182. The number of anilines is 1. The van der Waals surface area contributed by atoms with Gasteiger partial charge >= 0.3 is 5.97 Å². The molecule has 1 aromatic carbocycles. The van der Waals surface area contributed by atoms with Gasteiger partial charge in [-0.2, -0.15) is 5.10 Å². The number of nitrogens with zero attached hydrogens (tertiary/aromatic N) is 2.